The topological polar surface area (TPSA) is 20.2 Å². The molecule has 1 aliphatic rings. The van der Waals surface area contributed by atoms with Crippen molar-refractivity contribution >= 4 is 0 Å². The van der Waals surface area contributed by atoms with Gasteiger partial charge in [0.05, 0.1) is 0 Å². The molecule has 0 radical (unpaired) electrons. The van der Waals surface area contributed by atoms with Crippen LogP contribution >= 0.6 is 0 Å². The first kappa shape index (κ1) is 10.7. The van der Waals surface area contributed by atoms with Gasteiger partial charge in [0.25, 0.3) is 0 Å². The lowest BCUT2D eigenvalue weighted by atomic mass is 9.78. The van der Waals surface area contributed by atoms with E-state index in [1.807, 2.05) is 0 Å². The molecule has 15 heavy (non-hydrogen) atoms. The Hall–Kier alpha value is -0.820. The van der Waals surface area contributed by atoms with E-state index in [9.17, 15) is 0 Å². The fraction of sp³-hybridized carbons (Fsp3) is 0.571. The molecule has 1 nitrogen and oxygen atoms in total. The molecule has 2 rings (SSSR count). The van der Waals surface area contributed by atoms with Gasteiger partial charge in [0, 0.05) is 6.61 Å². The van der Waals surface area contributed by atoms with E-state index in [1.165, 1.54) is 36.8 Å². The minimum atomic E-state index is 0.375. The lowest BCUT2D eigenvalue weighted by Crippen LogP contribution is -2.16. The Kier molecular flexibility index (Phi) is 3.42. The van der Waals surface area contributed by atoms with Crippen LogP contribution in [-0.4, -0.2) is 11.7 Å². The predicted molar refractivity (Wildman–Crippen MR) is 63.0 cm³/mol. The molecule has 0 heterocycles. The Morgan fingerprint density at radius 1 is 1.13 bits per heavy atom. The van der Waals surface area contributed by atoms with Crippen LogP contribution in [0.1, 0.15) is 42.7 Å². The minimum Gasteiger partial charge on any atom is -0.396 e. The maximum absolute atomic E-state index is 9.10. The van der Waals surface area contributed by atoms with E-state index < -0.39 is 0 Å². The van der Waals surface area contributed by atoms with Gasteiger partial charge in [-0.05, 0) is 55.6 Å². The summed E-state index contributed by atoms with van der Waals surface area (Å²) >= 11 is 0. The number of benzene rings is 1. The third-order valence-electron chi connectivity index (χ3n) is 3.73. The van der Waals surface area contributed by atoms with Gasteiger partial charge in [-0.1, -0.05) is 24.3 Å². The molecule has 1 saturated carbocycles. The first-order chi connectivity index (χ1) is 7.31. The summed E-state index contributed by atoms with van der Waals surface area (Å²) in [7, 11) is 0. The first-order valence-electron chi connectivity index (χ1n) is 5.97. The maximum Gasteiger partial charge on any atom is 0.0459 e. The lowest BCUT2D eigenvalue weighted by molar-refractivity contribution is 0.182. The molecule has 0 spiro atoms. The fourth-order valence-electron chi connectivity index (χ4n) is 2.70. The van der Waals surface area contributed by atoms with E-state index >= 15 is 0 Å². The zero-order valence-corrected chi connectivity index (χ0v) is 9.45. The summed E-state index contributed by atoms with van der Waals surface area (Å²) in [5, 5.41) is 9.10. The van der Waals surface area contributed by atoms with Gasteiger partial charge in [0.1, 0.15) is 0 Å². The summed E-state index contributed by atoms with van der Waals surface area (Å²) in [5.74, 6) is 1.29. The van der Waals surface area contributed by atoms with Gasteiger partial charge in [-0.25, -0.2) is 0 Å². The number of aliphatic hydroxyl groups is 1. The molecule has 1 aromatic carbocycles. The van der Waals surface area contributed by atoms with Crippen molar-refractivity contribution < 1.29 is 5.11 Å². The number of hydrogen-bond acceptors (Lipinski definition) is 1. The van der Waals surface area contributed by atoms with Gasteiger partial charge in [0.15, 0.2) is 0 Å². The number of aryl methyl sites for hydroxylation is 1. The van der Waals surface area contributed by atoms with E-state index in [-0.39, 0.29) is 0 Å². The Balaban J connectivity index is 2.04. The summed E-state index contributed by atoms with van der Waals surface area (Å²) in [6.07, 6.45) is 4.87. The molecule has 1 N–H and O–H groups in total. The maximum atomic E-state index is 9.10. The summed E-state index contributed by atoms with van der Waals surface area (Å²) in [5.41, 5.74) is 2.94. The standard InChI is InChI=1S/C14H20O/c1-11-4-2-3-5-14(11)13-8-6-12(10-15)7-9-13/h2-5,12-13,15H,6-10H2,1H3. The quantitative estimate of drug-likeness (QED) is 0.784. The summed E-state index contributed by atoms with van der Waals surface area (Å²) in [6.45, 7) is 2.58. The van der Waals surface area contributed by atoms with Gasteiger partial charge in [-0.3, -0.25) is 0 Å². The molecule has 1 heteroatoms. The van der Waals surface area contributed by atoms with Crippen LogP contribution in [0.2, 0.25) is 0 Å². The van der Waals surface area contributed by atoms with Crippen molar-refractivity contribution in [2.45, 2.75) is 38.5 Å². The summed E-state index contributed by atoms with van der Waals surface area (Å²) < 4.78 is 0. The van der Waals surface area contributed by atoms with Crippen LogP contribution in [0, 0.1) is 12.8 Å². The van der Waals surface area contributed by atoms with Crippen molar-refractivity contribution in [3.05, 3.63) is 35.4 Å². The van der Waals surface area contributed by atoms with Crippen molar-refractivity contribution in [3.8, 4) is 0 Å². The second-order valence-corrected chi connectivity index (χ2v) is 4.76. The SMILES string of the molecule is Cc1ccccc1C1CCC(CO)CC1. The van der Waals surface area contributed by atoms with Crippen LogP contribution in [0.4, 0.5) is 0 Å². The number of hydrogen-bond donors (Lipinski definition) is 1. The molecular formula is C14H20O. The molecule has 0 atom stereocenters. The smallest absolute Gasteiger partial charge is 0.0459 e. The number of aliphatic hydroxyl groups excluding tert-OH is 1. The Morgan fingerprint density at radius 2 is 1.80 bits per heavy atom. The first-order valence-corrected chi connectivity index (χ1v) is 5.97. The normalized spacial score (nSPS) is 26.5. The van der Waals surface area contributed by atoms with Crippen molar-refractivity contribution in [3.63, 3.8) is 0 Å². The van der Waals surface area contributed by atoms with Gasteiger partial charge in [0.2, 0.25) is 0 Å². The average molecular weight is 204 g/mol. The Morgan fingerprint density at radius 3 is 2.40 bits per heavy atom. The highest BCUT2D eigenvalue weighted by Gasteiger charge is 2.22. The van der Waals surface area contributed by atoms with Crippen LogP contribution in [0.5, 0.6) is 0 Å². The van der Waals surface area contributed by atoms with Crippen molar-refractivity contribution in [1.29, 1.82) is 0 Å². The van der Waals surface area contributed by atoms with Crippen LogP contribution in [0.25, 0.3) is 0 Å². The van der Waals surface area contributed by atoms with Crippen molar-refractivity contribution in [1.82, 2.24) is 0 Å². The summed E-state index contributed by atoms with van der Waals surface area (Å²) in [4.78, 5) is 0. The molecule has 0 aliphatic heterocycles. The molecule has 82 valence electrons. The van der Waals surface area contributed by atoms with Crippen LogP contribution < -0.4 is 0 Å². The summed E-state index contributed by atoms with van der Waals surface area (Å²) in [6, 6.07) is 8.71. The minimum absolute atomic E-state index is 0.375. The van der Waals surface area contributed by atoms with E-state index in [0.717, 1.165) is 5.92 Å². The molecule has 1 fully saturated rings. The fourth-order valence-corrected chi connectivity index (χ4v) is 2.70. The number of rotatable bonds is 2. The lowest BCUT2D eigenvalue weighted by Gasteiger charge is -2.28. The van der Waals surface area contributed by atoms with Crippen molar-refractivity contribution in [2.75, 3.05) is 6.61 Å². The van der Waals surface area contributed by atoms with Gasteiger partial charge in [-0.15, -0.1) is 0 Å². The van der Waals surface area contributed by atoms with Gasteiger partial charge in [-0.2, -0.15) is 0 Å². The van der Waals surface area contributed by atoms with Crippen molar-refractivity contribution in [2.24, 2.45) is 5.92 Å². The van der Waals surface area contributed by atoms with Crippen LogP contribution in [0.3, 0.4) is 0 Å². The highest BCUT2D eigenvalue weighted by molar-refractivity contribution is 5.29. The van der Waals surface area contributed by atoms with Gasteiger partial charge < -0.3 is 5.11 Å². The highest BCUT2D eigenvalue weighted by atomic mass is 16.3. The molecular weight excluding hydrogens is 184 g/mol. The zero-order valence-electron chi connectivity index (χ0n) is 9.45. The molecule has 0 aromatic heterocycles. The van der Waals surface area contributed by atoms with Gasteiger partial charge >= 0.3 is 0 Å². The van der Waals surface area contributed by atoms with E-state index in [2.05, 4.69) is 31.2 Å². The average Bonchev–Trinajstić information content (AvgIpc) is 2.30. The van der Waals surface area contributed by atoms with E-state index in [0.29, 0.717) is 12.5 Å². The Bertz CT molecular complexity index is 311. The molecule has 0 saturated heterocycles. The molecule has 0 bridgehead atoms. The second kappa shape index (κ2) is 4.80. The molecule has 1 aliphatic carbocycles. The zero-order chi connectivity index (χ0) is 10.7. The third kappa shape index (κ3) is 2.40. The van der Waals surface area contributed by atoms with Crippen LogP contribution in [0.15, 0.2) is 24.3 Å². The largest absolute Gasteiger partial charge is 0.396 e. The predicted octanol–water partition coefficient (Wildman–Crippen LogP) is 3.26. The van der Waals surface area contributed by atoms with E-state index in [4.69, 9.17) is 5.11 Å². The second-order valence-electron chi connectivity index (χ2n) is 4.76. The van der Waals surface area contributed by atoms with Crippen LogP contribution in [-0.2, 0) is 0 Å². The molecule has 0 amide bonds. The molecule has 0 unspecified atom stereocenters. The highest BCUT2D eigenvalue weighted by Crippen LogP contribution is 2.36. The monoisotopic (exact) mass is 204 g/mol. The third-order valence-corrected chi connectivity index (χ3v) is 3.73. The Labute approximate surface area is 92.1 Å². The molecule has 1 aromatic rings. The van der Waals surface area contributed by atoms with E-state index in [1.54, 1.807) is 0 Å².